The van der Waals surface area contributed by atoms with Crippen molar-refractivity contribution in [3.05, 3.63) is 44.9 Å². The zero-order chi connectivity index (χ0) is 15.9. The number of hydrogen-bond acceptors (Lipinski definition) is 5. The number of nitrogens with zero attached hydrogens (tertiary/aromatic N) is 3. The minimum atomic E-state index is -0.0632. The fourth-order valence-corrected chi connectivity index (χ4v) is 4.27. The number of thiazole rings is 2. The lowest BCUT2D eigenvalue weighted by Gasteiger charge is -2.22. The predicted molar refractivity (Wildman–Crippen MR) is 91.7 cm³/mol. The molecule has 22 heavy (non-hydrogen) atoms. The van der Waals surface area contributed by atoms with E-state index in [2.05, 4.69) is 16.0 Å². The van der Waals surface area contributed by atoms with Gasteiger partial charge in [-0.2, -0.15) is 0 Å². The zero-order valence-electron chi connectivity index (χ0n) is 13.0. The van der Waals surface area contributed by atoms with E-state index in [0.717, 1.165) is 25.9 Å². The lowest BCUT2D eigenvalue weighted by molar-refractivity contribution is 0.0746. The van der Waals surface area contributed by atoms with Crippen molar-refractivity contribution in [2.45, 2.75) is 26.8 Å². The van der Waals surface area contributed by atoms with Crippen LogP contribution in [0.3, 0.4) is 0 Å². The Morgan fingerprint density at radius 2 is 1.91 bits per heavy atom. The van der Waals surface area contributed by atoms with Crippen LogP contribution in [0, 0.1) is 13.8 Å². The average molecular weight is 331 g/mol. The lowest BCUT2D eigenvalue weighted by Crippen LogP contribution is -2.29. The zero-order valence-corrected chi connectivity index (χ0v) is 14.6. The van der Waals surface area contributed by atoms with Crippen molar-refractivity contribution in [2.75, 3.05) is 7.05 Å². The fraction of sp³-hybridized carbons (Fsp3) is 0.312. The van der Waals surface area contributed by atoms with E-state index in [9.17, 15) is 4.79 Å². The molecule has 3 aromatic rings. The number of rotatable bonds is 3. The Morgan fingerprint density at radius 3 is 2.55 bits per heavy atom. The molecule has 0 radical (unpaired) electrons. The van der Waals surface area contributed by atoms with E-state index in [1.54, 1.807) is 16.2 Å². The van der Waals surface area contributed by atoms with Crippen LogP contribution < -0.4 is 0 Å². The highest BCUT2D eigenvalue weighted by Gasteiger charge is 2.24. The summed E-state index contributed by atoms with van der Waals surface area (Å²) in [5.41, 5.74) is 1.79. The SMILES string of the molecule is Cc1nc(C)c(C(=O)N(C)C(C)c2nc3ccccc3s2)s1. The van der Waals surface area contributed by atoms with E-state index in [1.807, 2.05) is 46.0 Å². The maximum atomic E-state index is 12.7. The second-order valence-electron chi connectivity index (χ2n) is 5.26. The molecule has 1 unspecified atom stereocenters. The van der Waals surface area contributed by atoms with Crippen molar-refractivity contribution >= 4 is 38.8 Å². The van der Waals surface area contributed by atoms with Crippen LogP contribution in [0.2, 0.25) is 0 Å². The maximum absolute atomic E-state index is 12.7. The molecule has 3 rings (SSSR count). The molecule has 1 aromatic carbocycles. The number of aromatic nitrogens is 2. The van der Waals surface area contributed by atoms with Crippen LogP contribution >= 0.6 is 22.7 Å². The Kier molecular flexibility index (Phi) is 3.97. The number of carbonyl (C=O) groups is 1. The van der Waals surface area contributed by atoms with Gasteiger partial charge in [-0.25, -0.2) is 9.97 Å². The number of amides is 1. The Bertz CT molecular complexity index is 804. The monoisotopic (exact) mass is 331 g/mol. The Morgan fingerprint density at radius 1 is 1.18 bits per heavy atom. The molecule has 2 aromatic heterocycles. The molecular weight excluding hydrogens is 314 g/mol. The molecule has 1 amide bonds. The van der Waals surface area contributed by atoms with Gasteiger partial charge in [-0.3, -0.25) is 4.79 Å². The molecule has 6 heteroatoms. The minimum absolute atomic E-state index is 0.00913. The van der Waals surface area contributed by atoms with Crippen LogP contribution in [0.15, 0.2) is 24.3 Å². The van der Waals surface area contributed by atoms with Gasteiger partial charge in [0.25, 0.3) is 5.91 Å². The van der Waals surface area contributed by atoms with Crippen LogP contribution in [0.4, 0.5) is 0 Å². The second-order valence-corrected chi connectivity index (χ2v) is 7.52. The minimum Gasteiger partial charge on any atom is -0.332 e. The molecule has 0 spiro atoms. The first-order chi connectivity index (χ1) is 10.5. The van der Waals surface area contributed by atoms with Crippen LogP contribution in [-0.2, 0) is 0 Å². The number of fused-ring (bicyclic) bond motifs is 1. The summed E-state index contributed by atoms with van der Waals surface area (Å²) >= 11 is 3.09. The Labute approximate surface area is 137 Å². The summed E-state index contributed by atoms with van der Waals surface area (Å²) in [6.07, 6.45) is 0. The molecule has 0 aliphatic rings. The molecular formula is C16H17N3OS2. The average Bonchev–Trinajstić information content (AvgIpc) is 3.07. The molecule has 0 fully saturated rings. The second kappa shape index (κ2) is 5.78. The molecule has 114 valence electrons. The number of hydrogen-bond donors (Lipinski definition) is 0. The van der Waals surface area contributed by atoms with Gasteiger partial charge in [0.15, 0.2) is 0 Å². The predicted octanol–water partition coefficient (Wildman–Crippen LogP) is 4.20. The molecule has 0 N–H and O–H groups in total. The van der Waals surface area contributed by atoms with Gasteiger partial charge in [0.05, 0.1) is 27.0 Å². The third-order valence-electron chi connectivity index (χ3n) is 3.67. The smallest absolute Gasteiger partial charge is 0.266 e. The van der Waals surface area contributed by atoms with Crippen LogP contribution in [0.1, 0.15) is 38.3 Å². The standard InChI is InChI=1S/C16H17N3OS2/c1-9-14(21-11(3)17-9)16(20)19(4)10(2)15-18-12-7-5-6-8-13(12)22-15/h5-8,10H,1-4H3. The molecule has 0 saturated carbocycles. The highest BCUT2D eigenvalue weighted by Crippen LogP contribution is 2.30. The molecule has 0 aliphatic heterocycles. The van der Waals surface area contributed by atoms with Gasteiger partial charge in [-0.05, 0) is 32.9 Å². The maximum Gasteiger partial charge on any atom is 0.266 e. The third-order valence-corrected chi connectivity index (χ3v) is 5.93. The summed E-state index contributed by atoms with van der Waals surface area (Å²) in [6.45, 7) is 5.82. The van der Waals surface area contributed by atoms with Crippen molar-refractivity contribution in [1.82, 2.24) is 14.9 Å². The van der Waals surface area contributed by atoms with Crippen molar-refractivity contribution in [1.29, 1.82) is 0 Å². The van der Waals surface area contributed by atoms with Gasteiger partial charge in [0.1, 0.15) is 9.88 Å². The Hall–Kier alpha value is -1.79. The number of carbonyl (C=O) groups excluding carboxylic acids is 1. The van der Waals surface area contributed by atoms with Gasteiger partial charge in [0, 0.05) is 7.05 Å². The summed E-state index contributed by atoms with van der Waals surface area (Å²) in [4.78, 5) is 24.1. The van der Waals surface area contributed by atoms with Gasteiger partial charge in [0.2, 0.25) is 0 Å². The van der Waals surface area contributed by atoms with Gasteiger partial charge >= 0.3 is 0 Å². The topological polar surface area (TPSA) is 46.1 Å². The van der Waals surface area contributed by atoms with E-state index in [-0.39, 0.29) is 11.9 Å². The highest BCUT2D eigenvalue weighted by atomic mass is 32.1. The molecule has 2 heterocycles. The normalized spacial score (nSPS) is 12.5. The van der Waals surface area contributed by atoms with E-state index in [1.165, 1.54) is 11.3 Å². The van der Waals surface area contributed by atoms with Gasteiger partial charge in [-0.1, -0.05) is 12.1 Å². The van der Waals surface area contributed by atoms with E-state index in [0.29, 0.717) is 4.88 Å². The van der Waals surface area contributed by atoms with Crippen LogP contribution in [-0.4, -0.2) is 27.8 Å². The molecule has 0 aliphatic carbocycles. The highest BCUT2D eigenvalue weighted by molar-refractivity contribution is 7.18. The molecule has 1 atom stereocenters. The Balaban J connectivity index is 1.89. The van der Waals surface area contributed by atoms with E-state index < -0.39 is 0 Å². The quantitative estimate of drug-likeness (QED) is 0.722. The van der Waals surface area contributed by atoms with Crippen molar-refractivity contribution in [3.63, 3.8) is 0 Å². The molecule has 4 nitrogen and oxygen atoms in total. The third kappa shape index (κ3) is 2.64. The number of para-hydroxylation sites is 1. The number of benzene rings is 1. The van der Waals surface area contributed by atoms with Crippen molar-refractivity contribution < 1.29 is 4.79 Å². The molecule has 0 saturated heterocycles. The first-order valence-electron chi connectivity index (χ1n) is 7.04. The van der Waals surface area contributed by atoms with Crippen molar-refractivity contribution in [2.24, 2.45) is 0 Å². The summed E-state index contributed by atoms with van der Waals surface area (Å²) in [5.74, 6) is 0.00913. The van der Waals surface area contributed by atoms with E-state index in [4.69, 9.17) is 0 Å². The lowest BCUT2D eigenvalue weighted by atomic mass is 10.2. The first kappa shape index (κ1) is 15.1. The van der Waals surface area contributed by atoms with Gasteiger partial charge in [-0.15, -0.1) is 22.7 Å². The summed E-state index contributed by atoms with van der Waals surface area (Å²) in [7, 11) is 1.83. The van der Waals surface area contributed by atoms with Crippen LogP contribution in [0.25, 0.3) is 10.2 Å². The van der Waals surface area contributed by atoms with Crippen molar-refractivity contribution in [3.8, 4) is 0 Å². The largest absolute Gasteiger partial charge is 0.332 e. The van der Waals surface area contributed by atoms with Gasteiger partial charge < -0.3 is 4.90 Å². The summed E-state index contributed by atoms with van der Waals surface area (Å²) in [5, 5.41) is 1.87. The van der Waals surface area contributed by atoms with E-state index >= 15 is 0 Å². The molecule has 0 bridgehead atoms. The summed E-state index contributed by atoms with van der Waals surface area (Å²) in [6, 6.07) is 7.98. The first-order valence-corrected chi connectivity index (χ1v) is 8.67. The summed E-state index contributed by atoms with van der Waals surface area (Å²) < 4.78 is 1.15. The fourth-order valence-electron chi connectivity index (χ4n) is 2.30. The number of aryl methyl sites for hydroxylation is 2. The van der Waals surface area contributed by atoms with Crippen LogP contribution in [0.5, 0.6) is 0 Å².